The second kappa shape index (κ2) is 7.69. The highest BCUT2D eigenvalue weighted by Crippen LogP contribution is 2.34. The maximum absolute atomic E-state index is 12.0. The Balaban J connectivity index is 2.84. The molecule has 114 valence electrons. The summed E-state index contributed by atoms with van der Waals surface area (Å²) in [7, 11) is 0. The van der Waals surface area contributed by atoms with Gasteiger partial charge in [0.25, 0.3) is 0 Å². The Morgan fingerprint density at radius 2 is 2.10 bits per heavy atom. The van der Waals surface area contributed by atoms with Crippen LogP contribution < -0.4 is 15.6 Å². The van der Waals surface area contributed by atoms with Crippen LogP contribution >= 0.6 is 35.8 Å². The van der Waals surface area contributed by atoms with E-state index in [2.05, 4.69) is 29.4 Å². The van der Waals surface area contributed by atoms with Gasteiger partial charge in [-0.05, 0) is 6.07 Å². The average molecular weight is 347 g/mol. The number of hydrogen-bond acceptors (Lipinski definition) is 4. The second-order valence-electron chi connectivity index (χ2n) is 4.88. The summed E-state index contributed by atoms with van der Waals surface area (Å²) < 4.78 is 5.29. The topological polar surface area (TPSA) is 50.4 Å². The van der Waals surface area contributed by atoms with Crippen molar-refractivity contribution in [2.24, 2.45) is 5.41 Å². The number of carbonyl (C=O) groups excluding carboxylic acids is 1. The number of thiol groups is 1. The lowest BCUT2D eigenvalue weighted by Gasteiger charge is -2.22. The van der Waals surface area contributed by atoms with Gasteiger partial charge in [0.2, 0.25) is 5.91 Å². The molecule has 0 heterocycles. The molecular weight excluding hydrogens is 331 g/mol. The number of benzene rings is 1. The number of nitrogens with one attached hydrogen (secondary N) is 2. The molecule has 0 aliphatic heterocycles. The number of rotatable bonds is 6. The Hall–Kier alpha value is -1.22. The van der Waals surface area contributed by atoms with Crippen molar-refractivity contribution in [3.63, 3.8) is 0 Å². The zero-order valence-electron chi connectivity index (χ0n) is 11.7. The van der Waals surface area contributed by atoms with Gasteiger partial charge in [0.05, 0.1) is 21.1 Å². The standard InChI is InChI=1S/C14H16Cl2N2O2S/c1-4-5-20-12-7-11(9(15)6-10(12)16)17-18-13(19)14(2,3)8-21/h1,6-7,17,21H,5,8H2,2-3H3,(H,18,19). The summed E-state index contributed by atoms with van der Waals surface area (Å²) in [5.41, 5.74) is 5.16. The highest BCUT2D eigenvalue weighted by molar-refractivity contribution is 7.80. The van der Waals surface area contributed by atoms with Gasteiger partial charge < -0.3 is 4.74 Å². The summed E-state index contributed by atoms with van der Waals surface area (Å²) >= 11 is 16.2. The zero-order valence-corrected chi connectivity index (χ0v) is 14.1. The minimum atomic E-state index is -0.613. The molecule has 2 N–H and O–H groups in total. The number of carbonyl (C=O) groups is 1. The van der Waals surface area contributed by atoms with Crippen LogP contribution in [0.25, 0.3) is 0 Å². The molecule has 0 aromatic heterocycles. The van der Waals surface area contributed by atoms with Crippen molar-refractivity contribution in [1.29, 1.82) is 0 Å². The number of anilines is 1. The smallest absolute Gasteiger partial charge is 0.244 e. The van der Waals surface area contributed by atoms with Crippen LogP contribution in [0, 0.1) is 17.8 Å². The van der Waals surface area contributed by atoms with Gasteiger partial charge in [-0.2, -0.15) is 12.6 Å². The van der Waals surface area contributed by atoms with Crippen LogP contribution in [0.4, 0.5) is 5.69 Å². The summed E-state index contributed by atoms with van der Waals surface area (Å²) in [6.45, 7) is 3.64. The first-order chi connectivity index (χ1) is 9.81. The Morgan fingerprint density at radius 1 is 1.43 bits per heavy atom. The summed E-state index contributed by atoms with van der Waals surface area (Å²) in [5, 5.41) is 0.680. The van der Waals surface area contributed by atoms with E-state index in [-0.39, 0.29) is 12.5 Å². The van der Waals surface area contributed by atoms with Crippen LogP contribution in [0.15, 0.2) is 12.1 Å². The lowest BCUT2D eigenvalue weighted by molar-refractivity contribution is -0.127. The third kappa shape index (κ3) is 4.92. The first-order valence-electron chi connectivity index (χ1n) is 6.04. The lowest BCUT2D eigenvalue weighted by atomic mass is 9.96. The molecule has 1 rings (SSSR count). The first-order valence-corrected chi connectivity index (χ1v) is 7.43. The Labute approximate surface area is 139 Å². The van der Waals surface area contributed by atoms with Crippen molar-refractivity contribution in [2.45, 2.75) is 13.8 Å². The van der Waals surface area contributed by atoms with E-state index >= 15 is 0 Å². The highest BCUT2D eigenvalue weighted by Gasteiger charge is 2.25. The maximum Gasteiger partial charge on any atom is 0.244 e. The summed E-state index contributed by atoms with van der Waals surface area (Å²) in [5.74, 6) is 2.92. The molecule has 0 spiro atoms. The van der Waals surface area contributed by atoms with Gasteiger partial charge in [-0.15, -0.1) is 6.42 Å². The number of hydrazine groups is 1. The van der Waals surface area contributed by atoms with Crippen LogP contribution in [0.5, 0.6) is 5.75 Å². The average Bonchev–Trinajstić information content (AvgIpc) is 2.44. The predicted octanol–water partition coefficient (Wildman–Crippen LogP) is 3.40. The number of hydrogen-bond donors (Lipinski definition) is 3. The van der Waals surface area contributed by atoms with Crippen LogP contribution in [-0.4, -0.2) is 18.3 Å². The molecule has 21 heavy (non-hydrogen) atoms. The number of amides is 1. The van der Waals surface area contributed by atoms with E-state index in [0.29, 0.717) is 27.2 Å². The second-order valence-corrected chi connectivity index (χ2v) is 6.01. The number of terminal acetylenes is 1. The van der Waals surface area contributed by atoms with Gasteiger partial charge in [0.15, 0.2) is 0 Å². The quantitative estimate of drug-likeness (QED) is 0.420. The van der Waals surface area contributed by atoms with Gasteiger partial charge >= 0.3 is 0 Å². The molecule has 1 aromatic rings. The number of halogens is 2. The summed E-state index contributed by atoms with van der Waals surface area (Å²) in [4.78, 5) is 12.0. The lowest BCUT2D eigenvalue weighted by Crippen LogP contribution is -2.41. The van der Waals surface area contributed by atoms with Gasteiger partial charge in [0, 0.05) is 11.8 Å². The Morgan fingerprint density at radius 3 is 2.67 bits per heavy atom. The minimum absolute atomic E-state index is 0.0832. The molecule has 7 heteroatoms. The summed E-state index contributed by atoms with van der Waals surface area (Å²) in [6, 6.07) is 3.07. The molecule has 0 fully saturated rings. The molecule has 0 unspecified atom stereocenters. The predicted molar refractivity (Wildman–Crippen MR) is 90.2 cm³/mol. The number of ether oxygens (including phenoxy) is 1. The van der Waals surface area contributed by atoms with Gasteiger partial charge in [-0.25, -0.2) is 0 Å². The molecule has 1 amide bonds. The molecule has 0 radical (unpaired) electrons. The van der Waals surface area contributed by atoms with Gasteiger partial charge in [-0.3, -0.25) is 15.6 Å². The third-order valence-electron chi connectivity index (χ3n) is 2.65. The fourth-order valence-electron chi connectivity index (χ4n) is 1.22. The van der Waals surface area contributed by atoms with E-state index in [1.165, 1.54) is 6.07 Å². The fourth-order valence-corrected chi connectivity index (χ4v) is 1.85. The molecule has 0 saturated heterocycles. The molecule has 4 nitrogen and oxygen atoms in total. The fraction of sp³-hybridized carbons (Fsp3) is 0.357. The monoisotopic (exact) mass is 346 g/mol. The largest absolute Gasteiger partial charge is 0.479 e. The van der Waals surface area contributed by atoms with Crippen molar-refractivity contribution >= 4 is 47.4 Å². The van der Waals surface area contributed by atoms with Crippen molar-refractivity contribution in [2.75, 3.05) is 17.8 Å². The van der Waals surface area contributed by atoms with Gasteiger partial charge in [0.1, 0.15) is 12.4 Å². The Kier molecular flexibility index (Phi) is 6.53. The molecular formula is C14H16Cl2N2O2S. The molecule has 0 aliphatic carbocycles. The van der Waals surface area contributed by atoms with E-state index in [9.17, 15) is 4.79 Å². The molecule has 0 bridgehead atoms. The molecule has 1 aromatic carbocycles. The highest BCUT2D eigenvalue weighted by atomic mass is 35.5. The van der Waals surface area contributed by atoms with Crippen LogP contribution in [0.1, 0.15) is 13.8 Å². The first kappa shape index (κ1) is 17.8. The zero-order chi connectivity index (χ0) is 16.0. The van der Waals surface area contributed by atoms with Crippen molar-refractivity contribution < 1.29 is 9.53 Å². The Bertz CT molecular complexity index is 571. The van der Waals surface area contributed by atoms with E-state index < -0.39 is 5.41 Å². The van der Waals surface area contributed by atoms with Crippen molar-refractivity contribution in [3.8, 4) is 18.1 Å². The third-order valence-corrected chi connectivity index (χ3v) is 4.05. The van der Waals surface area contributed by atoms with E-state index in [1.54, 1.807) is 19.9 Å². The van der Waals surface area contributed by atoms with E-state index in [1.807, 2.05) is 0 Å². The SMILES string of the molecule is C#CCOc1cc(NNC(=O)C(C)(C)CS)c(Cl)cc1Cl. The van der Waals surface area contributed by atoms with Crippen molar-refractivity contribution in [3.05, 3.63) is 22.2 Å². The normalized spacial score (nSPS) is 10.7. The molecule has 0 atom stereocenters. The van der Waals surface area contributed by atoms with Crippen LogP contribution in [-0.2, 0) is 4.79 Å². The summed E-state index contributed by atoms with van der Waals surface area (Å²) in [6.07, 6.45) is 5.13. The van der Waals surface area contributed by atoms with E-state index in [0.717, 1.165) is 0 Å². The maximum atomic E-state index is 12.0. The van der Waals surface area contributed by atoms with Gasteiger partial charge in [-0.1, -0.05) is 43.0 Å². The van der Waals surface area contributed by atoms with E-state index in [4.69, 9.17) is 34.4 Å². The molecule has 0 aliphatic rings. The van der Waals surface area contributed by atoms with Crippen molar-refractivity contribution in [1.82, 2.24) is 5.43 Å². The van der Waals surface area contributed by atoms with Crippen LogP contribution in [0.2, 0.25) is 10.0 Å². The van der Waals surface area contributed by atoms with Crippen LogP contribution in [0.3, 0.4) is 0 Å². The molecule has 0 saturated carbocycles. The minimum Gasteiger partial charge on any atom is -0.479 e.